The summed E-state index contributed by atoms with van der Waals surface area (Å²) in [6.07, 6.45) is 3.35. The van der Waals surface area contributed by atoms with Crippen molar-refractivity contribution < 1.29 is 38.1 Å². The molecule has 0 heterocycles. The minimum absolute atomic E-state index is 0.236. The SMILES string of the molecule is COC(=O)c1ccc(CCOc2ccc(Cc3cc(C)c(OCCc4ccc(COC=O)cc4)c(C=O)c3)cc2C=O)cc1. The average Bonchev–Trinajstić information content (AvgIpc) is 3.05. The number of aryl methyl sites for hydroxylation is 1. The van der Waals surface area contributed by atoms with E-state index in [-0.39, 0.29) is 12.6 Å². The zero-order valence-electron chi connectivity index (χ0n) is 24.7. The average molecular weight is 595 g/mol. The molecule has 4 aromatic rings. The zero-order valence-corrected chi connectivity index (χ0v) is 24.7. The van der Waals surface area contributed by atoms with Gasteiger partial charge in [0.15, 0.2) is 12.6 Å². The van der Waals surface area contributed by atoms with Gasteiger partial charge in [-0.3, -0.25) is 14.4 Å². The lowest BCUT2D eigenvalue weighted by molar-refractivity contribution is -0.129. The van der Waals surface area contributed by atoms with Crippen LogP contribution in [0.3, 0.4) is 0 Å². The van der Waals surface area contributed by atoms with E-state index >= 15 is 0 Å². The van der Waals surface area contributed by atoms with E-state index in [2.05, 4.69) is 0 Å². The first-order chi connectivity index (χ1) is 21.4. The third kappa shape index (κ3) is 8.64. The van der Waals surface area contributed by atoms with Crippen LogP contribution in [-0.2, 0) is 40.1 Å². The predicted octanol–water partition coefficient (Wildman–Crippen LogP) is 5.91. The number of aldehydes is 2. The first kappa shape index (κ1) is 31.7. The Bertz CT molecular complexity index is 1590. The molecular formula is C36H34O8. The van der Waals surface area contributed by atoms with Crippen molar-refractivity contribution in [2.24, 2.45) is 0 Å². The number of rotatable bonds is 16. The van der Waals surface area contributed by atoms with Crippen molar-refractivity contribution in [1.82, 2.24) is 0 Å². The standard InChI is InChI=1S/C36H34O8/c1-25-17-30(20-33(22-38)35(25)44-16-14-26-3-5-28(6-4-26)23-42-24-39)18-29-9-12-34(32(19-29)21-37)43-15-13-27-7-10-31(11-8-27)36(40)41-2/h3-12,17,19-22,24H,13-16,18,23H2,1-2H3. The number of benzene rings is 4. The van der Waals surface area contributed by atoms with Crippen LogP contribution in [0.15, 0.2) is 78.9 Å². The third-order valence-electron chi connectivity index (χ3n) is 7.10. The van der Waals surface area contributed by atoms with Gasteiger partial charge < -0.3 is 18.9 Å². The molecule has 0 saturated heterocycles. The molecule has 0 unspecified atom stereocenters. The van der Waals surface area contributed by atoms with E-state index in [9.17, 15) is 19.2 Å². The highest BCUT2D eigenvalue weighted by atomic mass is 16.5. The minimum Gasteiger partial charge on any atom is -0.492 e. The van der Waals surface area contributed by atoms with Crippen LogP contribution in [0.5, 0.6) is 11.5 Å². The van der Waals surface area contributed by atoms with Crippen molar-refractivity contribution in [2.75, 3.05) is 20.3 Å². The number of carbonyl (C=O) groups excluding carboxylic acids is 4. The van der Waals surface area contributed by atoms with Gasteiger partial charge in [-0.15, -0.1) is 0 Å². The molecule has 0 spiro atoms. The van der Waals surface area contributed by atoms with Crippen molar-refractivity contribution in [3.05, 3.63) is 129 Å². The van der Waals surface area contributed by atoms with Gasteiger partial charge in [0.1, 0.15) is 18.1 Å². The van der Waals surface area contributed by atoms with Crippen molar-refractivity contribution >= 4 is 25.0 Å². The number of carbonyl (C=O) groups is 4. The van der Waals surface area contributed by atoms with Gasteiger partial charge in [0.25, 0.3) is 6.47 Å². The summed E-state index contributed by atoms with van der Waals surface area (Å²) in [6.45, 7) is 3.33. The van der Waals surface area contributed by atoms with Crippen LogP contribution in [0.4, 0.5) is 0 Å². The molecule has 4 rings (SSSR count). The summed E-state index contributed by atoms with van der Waals surface area (Å²) in [4.78, 5) is 45.8. The van der Waals surface area contributed by atoms with E-state index in [1.54, 1.807) is 24.3 Å². The van der Waals surface area contributed by atoms with Gasteiger partial charge in [-0.2, -0.15) is 0 Å². The molecule has 44 heavy (non-hydrogen) atoms. The summed E-state index contributed by atoms with van der Waals surface area (Å²) in [5.74, 6) is 0.661. The minimum atomic E-state index is -0.385. The van der Waals surface area contributed by atoms with Gasteiger partial charge in [-0.05, 0) is 77.1 Å². The lowest BCUT2D eigenvalue weighted by Crippen LogP contribution is -2.06. The zero-order chi connectivity index (χ0) is 31.3. The molecule has 0 radical (unpaired) electrons. The molecule has 0 atom stereocenters. The van der Waals surface area contributed by atoms with Crippen molar-refractivity contribution in [3.8, 4) is 11.5 Å². The summed E-state index contributed by atoms with van der Waals surface area (Å²) in [5.41, 5.74) is 7.03. The van der Waals surface area contributed by atoms with Crippen LogP contribution >= 0.6 is 0 Å². The van der Waals surface area contributed by atoms with Gasteiger partial charge in [-0.25, -0.2) is 4.79 Å². The molecule has 0 amide bonds. The Morgan fingerprint density at radius 2 is 1.27 bits per heavy atom. The molecular weight excluding hydrogens is 560 g/mol. The first-order valence-corrected chi connectivity index (χ1v) is 14.2. The monoisotopic (exact) mass is 594 g/mol. The van der Waals surface area contributed by atoms with Gasteiger partial charge >= 0.3 is 5.97 Å². The third-order valence-corrected chi connectivity index (χ3v) is 7.10. The van der Waals surface area contributed by atoms with Crippen molar-refractivity contribution in [3.63, 3.8) is 0 Å². The Morgan fingerprint density at radius 3 is 1.91 bits per heavy atom. The molecule has 8 heteroatoms. The summed E-state index contributed by atoms with van der Waals surface area (Å²) < 4.78 is 21.4. The Hall–Kier alpha value is -5.24. The van der Waals surface area contributed by atoms with E-state index in [1.165, 1.54) is 7.11 Å². The molecule has 0 aromatic heterocycles. The van der Waals surface area contributed by atoms with Gasteiger partial charge in [-0.1, -0.05) is 48.5 Å². The van der Waals surface area contributed by atoms with Crippen LogP contribution in [0.1, 0.15) is 64.5 Å². The highest BCUT2D eigenvalue weighted by molar-refractivity contribution is 5.89. The molecule has 0 bridgehead atoms. The Labute approximate surface area is 256 Å². The fourth-order valence-corrected chi connectivity index (χ4v) is 4.84. The molecule has 226 valence electrons. The van der Waals surface area contributed by atoms with Crippen molar-refractivity contribution in [1.29, 1.82) is 0 Å². The molecule has 0 saturated carbocycles. The van der Waals surface area contributed by atoms with Crippen LogP contribution in [0.25, 0.3) is 0 Å². The molecule has 0 aliphatic carbocycles. The lowest BCUT2D eigenvalue weighted by Gasteiger charge is -2.15. The molecule has 0 fully saturated rings. The van der Waals surface area contributed by atoms with Gasteiger partial charge in [0.2, 0.25) is 0 Å². The number of hydrogen-bond acceptors (Lipinski definition) is 8. The van der Waals surface area contributed by atoms with Crippen LogP contribution < -0.4 is 9.47 Å². The lowest BCUT2D eigenvalue weighted by atomic mass is 9.98. The summed E-state index contributed by atoms with van der Waals surface area (Å²) in [7, 11) is 1.34. The maximum atomic E-state index is 11.9. The van der Waals surface area contributed by atoms with Gasteiger partial charge in [0.05, 0.1) is 37.0 Å². The second-order valence-corrected chi connectivity index (χ2v) is 10.2. The first-order valence-electron chi connectivity index (χ1n) is 14.2. The molecule has 0 N–H and O–H groups in total. The molecule has 0 aliphatic heterocycles. The summed E-state index contributed by atoms with van der Waals surface area (Å²) in [6, 6.07) is 24.1. The van der Waals surface area contributed by atoms with E-state index < -0.39 is 0 Å². The van der Waals surface area contributed by atoms with Crippen LogP contribution in [0.2, 0.25) is 0 Å². The number of methoxy groups -OCH3 is 1. The van der Waals surface area contributed by atoms with E-state index in [1.807, 2.05) is 61.5 Å². The van der Waals surface area contributed by atoms with Crippen molar-refractivity contribution in [2.45, 2.75) is 32.8 Å². The Kier molecular flexibility index (Phi) is 11.4. The van der Waals surface area contributed by atoms with E-state index in [0.717, 1.165) is 46.0 Å². The normalized spacial score (nSPS) is 10.5. The van der Waals surface area contributed by atoms with Crippen LogP contribution in [-0.4, -0.2) is 45.3 Å². The fourth-order valence-electron chi connectivity index (χ4n) is 4.84. The maximum absolute atomic E-state index is 11.9. The maximum Gasteiger partial charge on any atom is 0.337 e. The Balaban J connectivity index is 1.34. The van der Waals surface area contributed by atoms with E-state index in [0.29, 0.717) is 67.1 Å². The summed E-state index contributed by atoms with van der Waals surface area (Å²) >= 11 is 0. The van der Waals surface area contributed by atoms with Gasteiger partial charge in [0, 0.05) is 12.8 Å². The fraction of sp³-hybridized carbons (Fsp3) is 0.222. The quantitative estimate of drug-likeness (QED) is 0.116. The molecule has 8 nitrogen and oxygen atoms in total. The summed E-state index contributed by atoms with van der Waals surface area (Å²) in [5, 5.41) is 0. The number of hydrogen-bond donors (Lipinski definition) is 0. The highest BCUT2D eigenvalue weighted by Crippen LogP contribution is 2.27. The number of ether oxygens (including phenoxy) is 4. The van der Waals surface area contributed by atoms with E-state index in [4.69, 9.17) is 18.9 Å². The highest BCUT2D eigenvalue weighted by Gasteiger charge is 2.12. The second-order valence-electron chi connectivity index (χ2n) is 10.2. The smallest absolute Gasteiger partial charge is 0.337 e. The number of esters is 1. The Morgan fingerprint density at radius 1 is 0.682 bits per heavy atom. The van der Waals surface area contributed by atoms with Crippen LogP contribution in [0, 0.1) is 6.92 Å². The molecule has 4 aromatic carbocycles. The topological polar surface area (TPSA) is 105 Å². The largest absolute Gasteiger partial charge is 0.492 e. The molecule has 0 aliphatic rings. The predicted molar refractivity (Wildman–Crippen MR) is 165 cm³/mol. The second kappa shape index (κ2) is 15.8.